The Morgan fingerprint density at radius 2 is 2.06 bits per heavy atom. The van der Waals surface area contributed by atoms with E-state index in [1.54, 1.807) is 10.5 Å². The highest BCUT2D eigenvalue weighted by atomic mass is 16.1. The van der Waals surface area contributed by atoms with E-state index in [0.717, 1.165) is 16.3 Å². The molecule has 0 atom stereocenters. The van der Waals surface area contributed by atoms with Crippen LogP contribution in [-0.4, -0.2) is 10.2 Å². The lowest BCUT2D eigenvalue weighted by molar-refractivity contribution is 0.101. The van der Waals surface area contributed by atoms with Crippen molar-refractivity contribution >= 4 is 22.1 Å². The van der Waals surface area contributed by atoms with Gasteiger partial charge in [0.25, 0.3) is 0 Å². The van der Waals surface area contributed by atoms with Gasteiger partial charge in [-0.15, -0.1) is 0 Å². The average molecular weight is 234 g/mol. The van der Waals surface area contributed by atoms with Crippen molar-refractivity contribution in [1.82, 2.24) is 4.40 Å². The zero-order chi connectivity index (χ0) is 12.7. The van der Waals surface area contributed by atoms with Crippen LogP contribution in [0, 0.1) is 11.3 Å². The maximum atomic E-state index is 11.6. The number of nitriles is 1. The van der Waals surface area contributed by atoms with Gasteiger partial charge in [0.05, 0.1) is 16.8 Å². The molecule has 0 fully saturated rings. The summed E-state index contributed by atoms with van der Waals surface area (Å²) >= 11 is 0. The number of carbonyl (C=O) groups is 1. The number of carbonyl (C=O) groups excluding carboxylic acids is 1. The van der Waals surface area contributed by atoms with Gasteiger partial charge in [-0.25, -0.2) is 0 Å². The molecule has 3 aromatic rings. The Morgan fingerprint density at radius 1 is 1.28 bits per heavy atom. The van der Waals surface area contributed by atoms with Crippen molar-refractivity contribution in [3.05, 3.63) is 53.9 Å². The maximum absolute atomic E-state index is 11.6. The monoisotopic (exact) mass is 234 g/mol. The molecule has 0 spiro atoms. The summed E-state index contributed by atoms with van der Waals surface area (Å²) in [5, 5.41) is 11.3. The quantitative estimate of drug-likeness (QED) is 0.607. The summed E-state index contributed by atoms with van der Waals surface area (Å²) in [7, 11) is 0. The Kier molecular flexibility index (Phi) is 2.17. The van der Waals surface area contributed by atoms with Crippen LogP contribution in [0.3, 0.4) is 0 Å². The second kappa shape index (κ2) is 3.71. The van der Waals surface area contributed by atoms with Gasteiger partial charge >= 0.3 is 0 Å². The summed E-state index contributed by atoms with van der Waals surface area (Å²) in [5.41, 5.74) is 1.89. The zero-order valence-corrected chi connectivity index (χ0v) is 9.84. The number of nitrogens with zero attached hydrogens (tertiary/aromatic N) is 2. The first-order chi connectivity index (χ1) is 8.72. The third-order valence-electron chi connectivity index (χ3n) is 3.14. The van der Waals surface area contributed by atoms with Crippen LogP contribution in [0.15, 0.2) is 42.6 Å². The molecule has 86 valence electrons. The van der Waals surface area contributed by atoms with E-state index < -0.39 is 0 Å². The SMILES string of the molecule is CC(=O)c1cc(C#N)c2c3ccccc3ccn12. The fourth-order valence-corrected chi connectivity index (χ4v) is 2.32. The van der Waals surface area contributed by atoms with Gasteiger partial charge in [-0.05, 0) is 17.5 Å². The highest BCUT2D eigenvalue weighted by Gasteiger charge is 2.13. The highest BCUT2D eigenvalue weighted by Crippen LogP contribution is 2.25. The van der Waals surface area contributed by atoms with E-state index in [0.29, 0.717) is 11.3 Å². The summed E-state index contributed by atoms with van der Waals surface area (Å²) < 4.78 is 1.79. The molecule has 0 bridgehead atoms. The van der Waals surface area contributed by atoms with Crippen LogP contribution < -0.4 is 0 Å². The van der Waals surface area contributed by atoms with Gasteiger partial charge in [0, 0.05) is 18.5 Å². The summed E-state index contributed by atoms with van der Waals surface area (Å²) in [6.45, 7) is 1.51. The molecule has 0 aliphatic heterocycles. The summed E-state index contributed by atoms with van der Waals surface area (Å²) in [6.07, 6.45) is 1.84. The van der Waals surface area contributed by atoms with Gasteiger partial charge in [-0.2, -0.15) is 5.26 Å². The first-order valence-electron chi connectivity index (χ1n) is 5.66. The van der Waals surface area contributed by atoms with Crippen molar-refractivity contribution in [2.75, 3.05) is 0 Å². The largest absolute Gasteiger partial charge is 0.312 e. The maximum Gasteiger partial charge on any atom is 0.176 e. The van der Waals surface area contributed by atoms with E-state index >= 15 is 0 Å². The zero-order valence-electron chi connectivity index (χ0n) is 9.84. The van der Waals surface area contributed by atoms with Crippen molar-refractivity contribution in [1.29, 1.82) is 5.26 Å². The molecule has 0 aliphatic rings. The standard InChI is InChI=1S/C15H10N2O/c1-10(18)14-8-12(9-16)15-13-5-3-2-4-11(13)6-7-17(14)15/h2-8H,1H3. The number of benzene rings is 1. The van der Waals surface area contributed by atoms with Crippen LogP contribution in [0.4, 0.5) is 0 Å². The van der Waals surface area contributed by atoms with Gasteiger partial charge in [0.15, 0.2) is 5.78 Å². The van der Waals surface area contributed by atoms with Crippen molar-refractivity contribution in [3.63, 3.8) is 0 Å². The van der Waals surface area contributed by atoms with Crippen LogP contribution >= 0.6 is 0 Å². The van der Waals surface area contributed by atoms with Crippen molar-refractivity contribution in [3.8, 4) is 6.07 Å². The molecule has 3 nitrogen and oxygen atoms in total. The molecule has 0 aliphatic carbocycles. The first-order valence-corrected chi connectivity index (χ1v) is 5.66. The Labute approximate surface area is 104 Å². The van der Waals surface area contributed by atoms with Crippen LogP contribution in [0.1, 0.15) is 23.0 Å². The number of fused-ring (bicyclic) bond motifs is 3. The smallest absolute Gasteiger partial charge is 0.176 e. The Hall–Kier alpha value is -2.60. The minimum atomic E-state index is -0.0400. The van der Waals surface area contributed by atoms with Crippen LogP contribution in [0.5, 0.6) is 0 Å². The lowest BCUT2D eigenvalue weighted by atomic mass is 10.1. The van der Waals surface area contributed by atoms with Crippen LogP contribution in [0.25, 0.3) is 16.3 Å². The molecule has 0 saturated heterocycles. The number of hydrogen-bond donors (Lipinski definition) is 0. The van der Waals surface area contributed by atoms with Gasteiger partial charge in [0.2, 0.25) is 0 Å². The van der Waals surface area contributed by atoms with Gasteiger partial charge in [-0.1, -0.05) is 24.3 Å². The van der Waals surface area contributed by atoms with Crippen LogP contribution in [-0.2, 0) is 0 Å². The summed E-state index contributed by atoms with van der Waals surface area (Å²) in [4.78, 5) is 11.6. The van der Waals surface area contributed by atoms with E-state index in [1.807, 2.05) is 36.5 Å². The normalized spacial score (nSPS) is 10.7. The predicted octanol–water partition coefficient (Wildman–Crippen LogP) is 3.17. The molecule has 0 radical (unpaired) electrons. The van der Waals surface area contributed by atoms with Crippen molar-refractivity contribution < 1.29 is 4.79 Å². The number of Topliss-reactive ketones (excluding diaryl/α,β-unsaturated/α-hetero) is 1. The van der Waals surface area contributed by atoms with E-state index in [1.165, 1.54) is 6.92 Å². The number of aromatic nitrogens is 1. The molecule has 0 unspecified atom stereocenters. The van der Waals surface area contributed by atoms with E-state index in [4.69, 9.17) is 0 Å². The fourth-order valence-electron chi connectivity index (χ4n) is 2.32. The molecule has 1 aromatic carbocycles. The second-order valence-electron chi connectivity index (χ2n) is 4.23. The van der Waals surface area contributed by atoms with E-state index in [2.05, 4.69) is 6.07 Å². The van der Waals surface area contributed by atoms with Gasteiger partial charge in [-0.3, -0.25) is 4.79 Å². The topological polar surface area (TPSA) is 45.3 Å². The number of ketones is 1. The van der Waals surface area contributed by atoms with Crippen LogP contribution in [0.2, 0.25) is 0 Å². The summed E-state index contributed by atoms with van der Waals surface area (Å²) in [6, 6.07) is 13.6. The van der Waals surface area contributed by atoms with E-state index in [-0.39, 0.29) is 5.78 Å². The molecule has 0 N–H and O–H groups in total. The van der Waals surface area contributed by atoms with E-state index in [9.17, 15) is 10.1 Å². The third kappa shape index (κ3) is 1.33. The molecule has 0 amide bonds. The third-order valence-corrected chi connectivity index (χ3v) is 3.14. The Bertz CT molecular complexity index is 821. The number of rotatable bonds is 1. The van der Waals surface area contributed by atoms with Gasteiger partial charge < -0.3 is 4.40 Å². The molecular weight excluding hydrogens is 224 g/mol. The lowest BCUT2D eigenvalue weighted by Crippen LogP contribution is -1.97. The highest BCUT2D eigenvalue weighted by molar-refractivity contribution is 6.03. The molecule has 0 saturated carbocycles. The molecule has 2 heterocycles. The minimum Gasteiger partial charge on any atom is -0.312 e. The molecule has 3 heteroatoms. The minimum absolute atomic E-state index is 0.0400. The van der Waals surface area contributed by atoms with Crippen molar-refractivity contribution in [2.24, 2.45) is 0 Å². The Morgan fingerprint density at radius 3 is 2.78 bits per heavy atom. The molecule has 3 rings (SSSR count). The van der Waals surface area contributed by atoms with Gasteiger partial charge in [0.1, 0.15) is 6.07 Å². The first kappa shape index (κ1) is 10.5. The number of hydrogen-bond acceptors (Lipinski definition) is 2. The number of pyridine rings is 1. The van der Waals surface area contributed by atoms with Crippen molar-refractivity contribution in [2.45, 2.75) is 6.92 Å². The predicted molar refractivity (Wildman–Crippen MR) is 69.6 cm³/mol. The molecule has 18 heavy (non-hydrogen) atoms. The lowest BCUT2D eigenvalue weighted by Gasteiger charge is -2.03. The fraction of sp³-hybridized carbons (Fsp3) is 0.0667. The Balaban J connectivity index is 2.58. The molecule has 2 aromatic heterocycles. The average Bonchev–Trinajstić information content (AvgIpc) is 2.78. The summed E-state index contributed by atoms with van der Waals surface area (Å²) in [5.74, 6) is -0.0400. The second-order valence-corrected chi connectivity index (χ2v) is 4.23. The molecular formula is C15H10N2O.